The zero-order chi connectivity index (χ0) is 16.2. The number of rotatable bonds is 5. The summed E-state index contributed by atoms with van der Waals surface area (Å²) in [5.41, 5.74) is 6.72. The monoisotopic (exact) mass is 338 g/mol. The molecule has 1 aliphatic carbocycles. The lowest BCUT2D eigenvalue weighted by molar-refractivity contribution is -0.0258. The number of morpholine rings is 1. The maximum atomic E-state index is 6.09. The van der Waals surface area contributed by atoms with E-state index in [1.165, 1.54) is 12.8 Å². The number of halogens is 1. The molecule has 7 heteroatoms. The van der Waals surface area contributed by atoms with E-state index >= 15 is 0 Å². The molecule has 23 heavy (non-hydrogen) atoms. The molecule has 0 aromatic heterocycles. The van der Waals surface area contributed by atoms with Gasteiger partial charge in [0, 0.05) is 24.8 Å². The van der Waals surface area contributed by atoms with Crippen molar-refractivity contribution in [3.05, 3.63) is 23.2 Å². The Labute approximate surface area is 141 Å². The molecule has 1 aromatic rings. The standard InChI is InChI=1S/C16H23ClN4O2/c1-22-15-5-2-11(8-14(15)17)20-16(18)19-9-13-10-21(6-7-23-13)12-3-4-12/h2,5,8,12-13H,3-4,6-7,9-10H2,1H3,(H3,18,19,20). The Morgan fingerprint density at radius 3 is 3.04 bits per heavy atom. The van der Waals surface area contributed by atoms with Gasteiger partial charge < -0.3 is 20.5 Å². The van der Waals surface area contributed by atoms with Gasteiger partial charge in [-0.3, -0.25) is 9.89 Å². The van der Waals surface area contributed by atoms with Gasteiger partial charge in [0.15, 0.2) is 5.96 Å². The molecule has 1 heterocycles. The Morgan fingerprint density at radius 1 is 1.52 bits per heavy atom. The van der Waals surface area contributed by atoms with Crippen molar-refractivity contribution in [2.45, 2.75) is 25.0 Å². The van der Waals surface area contributed by atoms with Crippen LogP contribution < -0.4 is 15.8 Å². The van der Waals surface area contributed by atoms with Crippen molar-refractivity contribution < 1.29 is 9.47 Å². The molecule has 6 nitrogen and oxygen atoms in total. The number of ether oxygens (including phenoxy) is 2. The number of aliphatic imine (C=N–C) groups is 1. The number of guanidine groups is 1. The van der Waals surface area contributed by atoms with Crippen LogP contribution in [0.25, 0.3) is 0 Å². The van der Waals surface area contributed by atoms with Crippen LogP contribution in [0.3, 0.4) is 0 Å². The van der Waals surface area contributed by atoms with Crippen LogP contribution >= 0.6 is 11.6 Å². The number of hydrogen-bond donors (Lipinski definition) is 2. The van der Waals surface area contributed by atoms with E-state index in [-0.39, 0.29) is 6.10 Å². The minimum atomic E-state index is 0.115. The third kappa shape index (κ3) is 4.50. The molecule has 0 spiro atoms. The molecule has 1 saturated heterocycles. The number of hydrogen-bond acceptors (Lipinski definition) is 4. The molecule has 1 aromatic carbocycles. The summed E-state index contributed by atoms with van der Waals surface area (Å²) in [4.78, 5) is 6.88. The molecule has 1 unspecified atom stereocenters. The van der Waals surface area contributed by atoms with Crippen molar-refractivity contribution in [1.29, 1.82) is 0 Å². The first kappa shape index (κ1) is 16.4. The summed E-state index contributed by atoms with van der Waals surface area (Å²) in [5.74, 6) is 0.988. The van der Waals surface area contributed by atoms with E-state index in [4.69, 9.17) is 26.8 Å². The summed E-state index contributed by atoms with van der Waals surface area (Å²) >= 11 is 6.09. The van der Waals surface area contributed by atoms with Gasteiger partial charge in [0.2, 0.25) is 0 Å². The molecule has 0 bridgehead atoms. The van der Waals surface area contributed by atoms with Gasteiger partial charge in [0.05, 0.1) is 31.4 Å². The normalized spacial score (nSPS) is 22.9. The van der Waals surface area contributed by atoms with Gasteiger partial charge in [-0.1, -0.05) is 11.6 Å². The molecule has 1 aliphatic heterocycles. The molecule has 2 aliphatic rings. The second-order valence-electron chi connectivity index (χ2n) is 5.92. The largest absolute Gasteiger partial charge is 0.495 e. The minimum absolute atomic E-state index is 0.115. The Hall–Kier alpha value is -1.50. The zero-order valence-electron chi connectivity index (χ0n) is 13.3. The first-order chi connectivity index (χ1) is 11.2. The molecular formula is C16H23ClN4O2. The second-order valence-corrected chi connectivity index (χ2v) is 6.33. The van der Waals surface area contributed by atoms with E-state index in [1.807, 2.05) is 6.07 Å². The summed E-state index contributed by atoms with van der Waals surface area (Å²) in [6.45, 7) is 3.31. The fourth-order valence-electron chi connectivity index (χ4n) is 2.76. The highest BCUT2D eigenvalue weighted by molar-refractivity contribution is 6.32. The summed E-state index contributed by atoms with van der Waals surface area (Å²) in [7, 11) is 1.58. The Balaban J connectivity index is 1.52. The molecule has 2 fully saturated rings. The van der Waals surface area contributed by atoms with Gasteiger partial charge in [-0.2, -0.15) is 0 Å². The van der Waals surface area contributed by atoms with E-state index in [0.717, 1.165) is 31.4 Å². The lowest BCUT2D eigenvalue weighted by Crippen LogP contribution is -2.45. The summed E-state index contributed by atoms with van der Waals surface area (Å²) in [6.07, 6.45) is 2.75. The summed E-state index contributed by atoms with van der Waals surface area (Å²) in [6, 6.07) is 6.16. The number of benzene rings is 1. The molecule has 1 atom stereocenters. The van der Waals surface area contributed by atoms with Crippen LogP contribution in [0.1, 0.15) is 12.8 Å². The average Bonchev–Trinajstić information content (AvgIpc) is 3.38. The lowest BCUT2D eigenvalue weighted by atomic mass is 10.2. The van der Waals surface area contributed by atoms with E-state index in [0.29, 0.717) is 23.3 Å². The van der Waals surface area contributed by atoms with E-state index in [1.54, 1.807) is 19.2 Å². The van der Waals surface area contributed by atoms with Gasteiger partial charge in [0.25, 0.3) is 0 Å². The van der Waals surface area contributed by atoms with Gasteiger partial charge in [-0.15, -0.1) is 0 Å². The molecule has 0 amide bonds. The van der Waals surface area contributed by atoms with Crippen molar-refractivity contribution in [3.63, 3.8) is 0 Å². The highest BCUT2D eigenvalue weighted by Gasteiger charge is 2.32. The molecule has 126 valence electrons. The molecule has 3 N–H and O–H groups in total. The van der Waals surface area contributed by atoms with Crippen LogP contribution in [0.15, 0.2) is 23.2 Å². The van der Waals surface area contributed by atoms with Crippen LogP contribution in [0.2, 0.25) is 5.02 Å². The molecule has 0 radical (unpaired) electrons. The van der Waals surface area contributed by atoms with Crippen LogP contribution in [0.5, 0.6) is 5.75 Å². The van der Waals surface area contributed by atoms with E-state index < -0.39 is 0 Å². The fraction of sp³-hybridized carbons (Fsp3) is 0.562. The van der Waals surface area contributed by atoms with E-state index in [2.05, 4.69) is 15.2 Å². The third-order valence-corrected chi connectivity index (χ3v) is 4.42. The van der Waals surface area contributed by atoms with Crippen molar-refractivity contribution in [2.75, 3.05) is 38.7 Å². The highest BCUT2D eigenvalue weighted by Crippen LogP contribution is 2.28. The van der Waals surface area contributed by atoms with Gasteiger partial charge in [-0.05, 0) is 31.0 Å². The van der Waals surface area contributed by atoms with Gasteiger partial charge in [0.1, 0.15) is 5.75 Å². The maximum Gasteiger partial charge on any atom is 0.193 e. The van der Waals surface area contributed by atoms with Crippen LogP contribution in [0.4, 0.5) is 5.69 Å². The van der Waals surface area contributed by atoms with Gasteiger partial charge >= 0.3 is 0 Å². The summed E-state index contributed by atoms with van der Waals surface area (Å²) in [5, 5.41) is 3.57. The van der Waals surface area contributed by atoms with Crippen molar-refractivity contribution >= 4 is 23.2 Å². The maximum absolute atomic E-state index is 6.09. The summed E-state index contributed by atoms with van der Waals surface area (Å²) < 4.78 is 10.9. The predicted octanol–water partition coefficient (Wildman–Crippen LogP) is 1.94. The molecule has 1 saturated carbocycles. The second kappa shape index (κ2) is 7.38. The number of nitrogens with zero attached hydrogens (tertiary/aromatic N) is 2. The SMILES string of the molecule is COc1ccc(NC(N)=NCC2CN(C3CC3)CCO2)cc1Cl. The zero-order valence-corrected chi connectivity index (χ0v) is 14.1. The number of nitrogens with one attached hydrogen (secondary N) is 1. The molecular weight excluding hydrogens is 316 g/mol. The van der Waals surface area contributed by atoms with Crippen molar-refractivity contribution in [2.24, 2.45) is 10.7 Å². The fourth-order valence-corrected chi connectivity index (χ4v) is 3.01. The first-order valence-electron chi connectivity index (χ1n) is 7.92. The Kier molecular flexibility index (Phi) is 5.25. The topological polar surface area (TPSA) is 72.1 Å². The third-order valence-electron chi connectivity index (χ3n) is 4.12. The number of methoxy groups -OCH3 is 1. The average molecular weight is 339 g/mol. The van der Waals surface area contributed by atoms with Crippen LogP contribution in [-0.4, -0.2) is 56.4 Å². The first-order valence-corrected chi connectivity index (χ1v) is 8.29. The molecule has 3 rings (SSSR count). The number of nitrogens with two attached hydrogens (primary N) is 1. The van der Waals surface area contributed by atoms with Crippen molar-refractivity contribution in [1.82, 2.24) is 4.90 Å². The van der Waals surface area contributed by atoms with Crippen molar-refractivity contribution in [3.8, 4) is 5.75 Å². The van der Waals surface area contributed by atoms with Crippen LogP contribution in [0, 0.1) is 0 Å². The Morgan fingerprint density at radius 2 is 2.35 bits per heavy atom. The van der Waals surface area contributed by atoms with E-state index in [9.17, 15) is 0 Å². The van der Waals surface area contributed by atoms with Gasteiger partial charge in [-0.25, -0.2) is 0 Å². The predicted molar refractivity (Wildman–Crippen MR) is 92.5 cm³/mol. The smallest absolute Gasteiger partial charge is 0.193 e. The lowest BCUT2D eigenvalue weighted by Gasteiger charge is -2.32. The van der Waals surface area contributed by atoms with Crippen LogP contribution in [-0.2, 0) is 4.74 Å². The quantitative estimate of drug-likeness (QED) is 0.634. The number of anilines is 1. The highest BCUT2D eigenvalue weighted by atomic mass is 35.5. The minimum Gasteiger partial charge on any atom is -0.495 e. The Bertz CT molecular complexity index is 577.